The lowest BCUT2D eigenvalue weighted by Gasteiger charge is -2.13. The molecule has 1 aromatic heterocycles. The minimum Gasteiger partial charge on any atom is -0.350 e. The van der Waals surface area contributed by atoms with Crippen LogP contribution in [-0.4, -0.2) is 41.8 Å². The van der Waals surface area contributed by atoms with Gasteiger partial charge < -0.3 is 10.6 Å². The minimum absolute atomic E-state index is 0.0639. The second-order valence-corrected chi connectivity index (χ2v) is 9.02. The summed E-state index contributed by atoms with van der Waals surface area (Å²) in [4.78, 5) is 21.1. The molecule has 138 valence electrons. The summed E-state index contributed by atoms with van der Waals surface area (Å²) in [6.07, 6.45) is 0.518. The molecule has 0 aliphatic carbocycles. The first-order chi connectivity index (χ1) is 12.2. The number of aryl methyl sites for hydroxylation is 3. The molecule has 2 N–H and O–H groups in total. The Bertz CT molecular complexity index is 937. The van der Waals surface area contributed by atoms with Gasteiger partial charge in [0.05, 0.1) is 11.5 Å². The zero-order chi connectivity index (χ0) is 18.9. The van der Waals surface area contributed by atoms with Crippen LogP contribution < -0.4 is 10.6 Å². The summed E-state index contributed by atoms with van der Waals surface area (Å²) in [6.45, 7) is 5.70. The van der Waals surface area contributed by atoms with E-state index in [1.807, 2.05) is 32.0 Å². The van der Waals surface area contributed by atoms with Gasteiger partial charge in [-0.15, -0.1) is 0 Å². The Kier molecular flexibility index (Phi) is 4.95. The van der Waals surface area contributed by atoms with Crippen molar-refractivity contribution < 1.29 is 13.2 Å². The Morgan fingerprint density at radius 1 is 1.08 bits per heavy atom. The van der Waals surface area contributed by atoms with Crippen LogP contribution in [0.2, 0.25) is 0 Å². The molecule has 7 nitrogen and oxygen atoms in total. The van der Waals surface area contributed by atoms with Gasteiger partial charge in [-0.1, -0.05) is 6.07 Å². The lowest BCUT2D eigenvalue weighted by atomic mass is 10.1. The van der Waals surface area contributed by atoms with Crippen molar-refractivity contribution in [3.05, 3.63) is 46.8 Å². The fourth-order valence-electron chi connectivity index (χ4n) is 3.08. The van der Waals surface area contributed by atoms with Crippen LogP contribution in [0, 0.1) is 20.8 Å². The van der Waals surface area contributed by atoms with Crippen molar-refractivity contribution in [2.24, 2.45) is 0 Å². The number of nitrogens with one attached hydrogen (secondary N) is 2. The summed E-state index contributed by atoms with van der Waals surface area (Å²) < 4.78 is 23.2. The van der Waals surface area contributed by atoms with Gasteiger partial charge in [0.2, 0.25) is 5.95 Å². The third kappa shape index (κ3) is 4.57. The van der Waals surface area contributed by atoms with Crippen LogP contribution >= 0.6 is 0 Å². The van der Waals surface area contributed by atoms with Crippen LogP contribution in [0.5, 0.6) is 0 Å². The van der Waals surface area contributed by atoms with E-state index in [1.165, 1.54) is 0 Å². The number of anilines is 2. The molecule has 1 aromatic carbocycles. The van der Waals surface area contributed by atoms with Crippen LogP contribution in [-0.2, 0) is 9.84 Å². The Hall–Kier alpha value is -2.48. The van der Waals surface area contributed by atoms with E-state index in [-0.39, 0.29) is 35.1 Å². The number of benzene rings is 1. The van der Waals surface area contributed by atoms with Gasteiger partial charge in [-0.3, -0.25) is 4.79 Å². The first-order valence-corrected chi connectivity index (χ1v) is 10.2. The lowest BCUT2D eigenvalue weighted by molar-refractivity contribution is 0.102. The predicted molar refractivity (Wildman–Crippen MR) is 101 cm³/mol. The van der Waals surface area contributed by atoms with Crippen molar-refractivity contribution in [1.29, 1.82) is 0 Å². The second-order valence-electron chi connectivity index (χ2n) is 6.79. The van der Waals surface area contributed by atoms with Gasteiger partial charge in [-0.05, 0) is 56.5 Å². The van der Waals surface area contributed by atoms with Crippen molar-refractivity contribution in [3.63, 3.8) is 0 Å². The summed E-state index contributed by atoms with van der Waals surface area (Å²) in [5, 5.41) is 5.88. The number of hydrogen-bond donors (Lipinski definition) is 2. The summed E-state index contributed by atoms with van der Waals surface area (Å²) in [5.74, 6) is 0.172. The van der Waals surface area contributed by atoms with E-state index < -0.39 is 9.84 Å². The molecule has 1 aliphatic rings. The molecule has 1 saturated heterocycles. The lowest BCUT2D eigenvalue weighted by Crippen LogP contribution is -2.23. The van der Waals surface area contributed by atoms with E-state index in [4.69, 9.17) is 0 Å². The van der Waals surface area contributed by atoms with E-state index in [0.717, 1.165) is 11.1 Å². The van der Waals surface area contributed by atoms with Crippen LogP contribution in [0.4, 0.5) is 11.6 Å². The molecule has 3 rings (SSSR count). The molecule has 26 heavy (non-hydrogen) atoms. The molecule has 0 saturated carbocycles. The van der Waals surface area contributed by atoms with Crippen LogP contribution in [0.3, 0.4) is 0 Å². The average molecular weight is 374 g/mol. The summed E-state index contributed by atoms with van der Waals surface area (Å²) in [6, 6.07) is 7.19. The number of amides is 1. The largest absolute Gasteiger partial charge is 0.350 e. The van der Waals surface area contributed by atoms with Gasteiger partial charge in [-0.2, -0.15) is 0 Å². The van der Waals surface area contributed by atoms with E-state index in [9.17, 15) is 13.2 Å². The standard InChI is InChI=1S/C18H22N4O3S/c1-11-6-12(2)8-15(7-11)20-17(23)16-9-13(3)19-18(22-16)21-14-4-5-26(24,25)10-14/h6-9,14H,4-5,10H2,1-3H3,(H,20,23)(H,19,21,22). The van der Waals surface area contributed by atoms with Gasteiger partial charge in [0.15, 0.2) is 9.84 Å². The highest BCUT2D eigenvalue weighted by Gasteiger charge is 2.28. The van der Waals surface area contributed by atoms with Gasteiger partial charge in [-0.25, -0.2) is 18.4 Å². The molecule has 1 fully saturated rings. The van der Waals surface area contributed by atoms with Crippen molar-refractivity contribution in [2.45, 2.75) is 33.2 Å². The number of carbonyl (C=O) groups excluding carboxylic acids is 1. The number of nitrogens with zero attached hydrogens (tertiary/aromatic N) is 2. The number of aromatic nitrogens is 2. The quantitative estimate of drug-likeness (QED) is 0.851. The zero-order valence-electron chi connectivity index (χ0n) is 15.0. The van der Waals surface area contributed by atoms with Gasteiger partial charge >= 0.3 is 0 Å². The first kappa shape index (κ1) is 18.3. The van der Waals surface area contributed by atoms with Gasteiger partial charge in [0, 0.05) is 17.4 Å². The molecule has 8 heteroatoms. The normalized spacial score (nSPS) is 18.5. The molecule has 0 radical (unpaired) electrons. The van der Waals surface area contributed by atoms with Crippen LogP contribution in [0.15, 0.2) is 24.3 Å². The van der Waals surface area contributed by atoms with Crippen LogP contribution in [0.25, 0.3) is 0 Å². The topological polar surface area (TPSA) is 101 Å². The highest BCUT2D eigenvalue weighted by Crippen LogP contribution is 2.17. The van der Waals surface area contributed by atoms with E-state index in [1.54, 1.807) is 13.0 Å². The maximum atomic E-state index is 12.6. The third-order valence-corrected chi connectivity index (χ3v) is 5.90. The maximum absolute atomic E-state index is 12.6. The van der Waals surface area contributed by atoms with Crippen molar-refractivity contribution in [3.8, 4) is 0 Å². The monoisotopic (exact) mass is 374 g/mol. The van der Waals surface area contributed by atoms with Crippen molar-refractivity contribution in [1.82, 2.24) is 9.97 Å². The van der Waals surface area contributed by atoms with Crippen LogP contribution in [0.1, 0.15) is 33.7 Å². The number of rotatable bonds is 4. The molecular formula is C18H22N4O3S. The average Bonchev–Trinajstić information content (AvgIpc) is 2.84. The molecule has 1 atom stereocenters. The number of carbonyl (C=O) groups is 1. The fourth-order valence-corrected chi connectivity index (χ4v) is 4.76. The molecule has 1 amide bonds. The smallest absolute Gasteiger partial charge is 0.274 e. The Morgan fingerprint density at radius 3 is 2.38 bits per heavy atom. The number of hydrogen-bond acceptors (Lipinski definition) is 6. The summed E-state index contributed by atoms with van der Waals surface area (Å²) in [5.41, 5.74) is 3.70. The summed E-state index contributed by atoms with van der Waals surface area (Å²) in [7, 11) is -3.00. The van der Waals surface area contributed by atoms with E-state index in [0.29, 0.717) is 17.8 Å². The summed E-state index contributed by atoms with van der Waals surface area (Å²) >= 11 is 0. The molecule has 0 spiro atoms. The molecule has 1 unspecified atom stereocenters. The number of sulfone groups is 1. The van der Waals surface area contributed by atoms with Gasteiger partial charge in [0.25, 0.3) is 5.91 Å². The Balaban J connectivity index is 1.77. The minimum atomic E-state index is -3.00. The molecule has 1 aliphatic heterocycles. The Labute approximate surface area is 153 Å². The molecule has 2 heterocycles. The van der Waals surface area contributed by atoms with E-state index >= 15 is 0 Å². The fraction of sp³-hybridized carbons (Fsp3) is 0.389. The van der Waals surface area contributed by atoms with Crippen molar-refractivity contribution >= 4 is 27.4 Å². The van der Waals surface area contributed by atoms with Crippen molar-refractivity contribution in [2.75, 3.05) is 22.1 Å². The highest BCUT2D eigenvalue weighted by atomic mass is 32.2. The van der Waals surface area contributed by atoms with Gasteiger partial charge in [0.1, 0.15) is 5.69 Å². The zero-order valence-corrected chi connectivity index (χ0v) is 15.9. The molecule has 2 aromatic rings. The second kappa shape index (κ2) is 7.03. The highest BCUT2D eigenvalue weighted by molar-refractivity contribution is 7.91. The Morgan fingerprint density at radius 2 is 1.77 bits per heavy atom. The predicted octanol–water partition coefficient (Wildman–Crippen LogP) is 2.25. The first-order valence-electron chi connectivity index (χ1n) is 8.42. The third-order valence-electron chi connectivity index (χ3n) is 4.13. The molecular weight excluding hydrogens is 352 g/mol. The van der Waals surface area contributed by atoms with E-state index in [2.05, 4.69) is 20.6 Å². The SMILES string of the molecule is Cc1cc(C)cc(NC(=O)c2cc(C)nc(NC3CCS(=O)(=O)C3)n2)c1. The molecule has 0 bridgehead atoms. The maximum Gasteiger partial charge on any atom is 0.274 e.